The number of rotatable bonds is 2. The number of hydrogen-bond donors (Lipinski definition) is 0. The summed E-state index contributed by atoms with van der Waals surface area (Å²) in [6, 6.07) is 0. The minimum Gasteiger partial charge on any atom is -0.299 e. The Labute approximate surface area is 74.5 Å². The zero-order chi connectivity index (χ0) is 8.81. The summed E-state index contributed by atoms with van der Waals surface area (Å²) in [7, 11) is 0. The maximum atomic E-state index is 11.5. The lowest BCUT2D eigenvalue weighted by Crippen LogP contribution is -2.11. The third-order valence-electron chi connectivity index (χ3n) is 2.57. The lowest BCUT2D eigenvalue weighted by Gasteiger charge is -2.09. The molecule has 1 nitrogen and oxygen atoms in total. The average Bonchev–Trinajstić information content (AvgIpc) is 2.27. The fourth-order valence-electron chi connectivity index (χ4n) is 1.79. The number of hydrogen-bond acceptors (Lipinski definition) is 1. The van der Waals surface area contributed by atoms with Gasteiger partial charge in [0, 0.05) is 18.8 Å². The van der Waals surface area contributed by atoms with Gasteiger partial charge in [0.15, 0.2) is 0 Å². The van der Waals surface area contributed by atoms with Gasteiger partial charge in [0.25, 0.3) is 0 Å². The van der Waals surface area contributed by atoms with E-state index in [4.69, 9.17) is 6.42 Å². The molecule has 12 heavy (non-hydrogen) atoms. The lowest BCUT2D eigenvalue weighted by atomic mass is 9.94. The molecule has 0 spiro atoms. The maximum absolute atomic E-state index is 11.5. The highest BCUT2D eigenvalue weighted by molar-refractivity contribution is 5.81. The summed E-state index contributed by atoms with van der Waals surface area (Å²) >= 11 is 0. The van der Waals surface area contributed by atoms with Gasteiger partial charge in [-0.1, -0.05) is 12.8 Å². The molecule has 1 fully saturated rings. The van der Waals surface area contributed by atoms with E-state index in [1.54, 1.807) is 0 Å². The Balaban J connectivity index is 2.38. The summed E-state index contributed by atoms with van der Waals surface area (Å²) in [4.78, 5) is 11.5. The van der Waals surface area contributed by atoms with Crippen LogP contribution in [0.4, 0.5) is 0 Å². The van der Waals surface area contributed by atoms with Crippen LogP contribution in [0.5, 0.6) is 0 Å². The van der Waals surface area contributed by atoms with Gasteiger partial charge in [0.05, 0.1) is 0 Å². The van der Waals surface area contributed by atoms with Crippen molar-refractivity contribution in [3.8, 4) is 12.3 Å². The zero-order valence-corrected chi connectivity index (χ0v) is 7.51. The van der Waals surface area contributed by atoms with Crippen molar-refractivity contribution in [3.05, 3.63) is 0 Å². The van der Waals surface area contributed by atoms with Crippen LogP contribution in [0, 0.1) is 18.3 Å². The topological polar surface area (TPSA) is 17.1 Å². The molecule has 0 bridgehead atoms. The molecule has 0 N–H and O–H groups in total. The van der Waals surface area contributed by atoms with Crippen molar-refractivity contribution in [2.24, 2.45) is 5.92 Å². The van der Waals surface area contributed by atoms with Crippen LogP contribution in [0.3, 0.4) is 0 Å². The Kier molecular flexibility index (Phi) is 3.87. The van der Waals surface area contributed by atoms with Crippen molar-refractivity contribution in [2.75, 3.05) is 0 Å². The molecule has 0 aromatic rings. The molecule has 0 aromatic carbocycles. The standard InChI is InChI=1S/C11H16O/c1-2-3-7-10-8-5-4-6-9-11(10)12/h1,10H,3-9H2. The van der Waals surface area contributed by atoms with Crippen LogP contribution >= 0.6 is 0 Å². The number of carbonyl (C=O) groups is 1. The molecule has 1 atom stereocenters. The monoisotopic (exact) mass is 164 g/mol. The van der Waals surface area contributed by atoms with Gasteiger partial charge in [-0.25, -0.2) is 0 Å². The van der Waals surface area contributed by atoms with E-state index in [9.17, 15) is 4.79 Å². The molecule has 0 amide bonds. The fraction of sp³-hybridized carbons (Fsp3) is 0.727. The third-order valence-corrected chi connectivity index (χ3v) is 2.57. The Morgan fingerprint density at radius 3 is 3.00 bits per heavy atom. The first-order chi connectivity index (χ1) is 5.84. The fourth-order valence-corrected chi connectivity index (χ4v) is 1.79. The highest BCUT2D eigenvalue weighted by Gasteiger charge is 2.19. The Bertz CT molecular complexity index is 188. The van der Waals surface area contributed by atoms with E-state index in [0.717, 1.165) is 32.1 Å². The molecule has 1 unspecified atom stereocenters. The first-order valence-corrected chi connectivity index (χ1v) is 4.81. The second-order valence-electron chi connectivity index (χ2n) is 3.51. The molecule has 1 heteroatoms. The zero-order valence-electron chi connectivity index (χ0n) is 7.51. The minimum absolute atomic E-state index is 0.281. The van der Waals surface area contributed by atoms with E-state index in [0.29, 0.717) is 5.78 Å². The van der Waals surface area contributed by atoms with Crippen LogP contribution in [0.25, 0.3) is 0 Å². The predicted molar refractivity (Wildman–Crippen MR) is 49.6 cm³/mol. The summed E-state index contributed by atoms with van der Waals surface area (Å²) in [5.41, 5.74) is 0. The summed E-state index contributed by atoms with van der Waals surface area (Å²) in [6.07, 6.45) is 12.2. The summed E-state index contributed by atoms with van der Waals surface area (Å²) < 4.78 is 0. The molecule has 1 aliphatic rings. The minimum atomic E-state index is 0.281. The number of carbonyl (C=O) groups excluding carboxylic acids is 1. The Morgan fingerprint density at radius 1 is 1.42 bits per heavy atom. The van der Waals surface area contributed by atoms with Crippen LogP contribution in [-0.2, 0) is 4.79 Å². The lowest BCUT2D eigenvalue weighted by molar-refractivity contribution is -0.122. The maximum Gasteiger partial charge on any atom is 0.136 e. The van der Waals surface area contributed by atoms with Gasteiger partial charge in [-0.05, 0) is 19.3 Å². The second-order valence-corrected chi connectivity index (χ2v) is 3.51. The van der Waals surface area contributed by atoms with Crippen molar-refractivity contribution < 1.29 is 4.79 Å². The SMILES string of the molecule is C#CCCC1CCCCCC1=O. The van der Waals surface area contributed by atoms with E-state index < -0.39 is 0 Å². The summed E-state index contributed by atoms with van der Waals surface area (Å²) in [6.45, 7) is 0. The largest absolute Gasteiger partial charge is 0.299 e. The average molecular weight is 164 g/mol. The van der Waals surface area contributed by atoms with E-state index in [2.05, 4.69) is 5.92 Å². The van der Waals surface area contributed by atoms with E-state index >= 15 is 0 Å². The second kappa shape index (κ2) is 4.98. The van der Waals surface area contributed by atoms with E-state index in [-0.39, 0.29) is 5.92 Å². The molecule has 1 aliphatic carbocycles. The van der Waals surface area contributed by atoms with E-state index in [1.165, 1.54) is 12.8 Å². The highest BCUT2D eigenvalue weighted by atomic mass is 16.1. The molecule has 1 rings (SSSR count). The first-order valence-electron chi connectivity index (χ1n) is 4.81. The molecule has 0 radical (unpaired) electrons. The van der Waals surface area contributed by atoms with Gasteiger partial charge < -0.3 is 0 Å². The Hall–Kier alpha value is -0.770. The molecular formula is C11H16O. The van der Waals surface area contributed by atoms with Crippen molar-refractivity contribution in [1.82, 2.24) is 0 Å². The van der Waals surface area contributed by atoms with Crippen LogP contribution in [0.15, 0.2) is 0 Å². The number of Topliss-reactive ketones (excluding diaryl/α,β-unsaturated/α-hetero) is 1. The van der Waals surface area contributed by atoms with Crippen LogP contribution < -0.4 is 0 Å². The van der Waals surface area contributed by atoms with Crippen LogP contribution in [0.1, 0.15) is 44.9 Å². The van der Waals surface area contributed by atoms with Crippen molar-refractivity contribution in [3.63, 3.8) is 0 Å². The van der Waals surface area contributed by atoms with Gasteiger partial charge in [0.1, 0.15) is 5.78 Å². The third kappa shape index (κ3) is 2.70. The van der Waals surface area contributed by atoms with Crippen LogP contribution in [0.2, 0.25) is 0 Å². The smallest absolute Gasteiger partial charge is 0.136 e. The summed E-state index contributed by atoms with van der Waals surface area (Å²) in [5.74, 6) is 3.33. The molecule has 0 aromatic heterocycles. The Morgan fingerprint density at radius 2 is 2.25 bits per heavy atom. The van der Waals surface area contributed by atoms with Crippen molar-refractivity contribution >= 4 is 5.78 Å². The highest BCUT2D eigenvalue weighted by Crippen LogP contribution is 2.23. The first kappa shape index (κ1) is 9.32. The van der Waals surface area contributed by atoms with Gasteiger partial charge in [-0.3, -0.25) is 4.79 Å². The predicted octanol–water partition coefficient (Wildman–Crippen LogP) is 2.55. The normalized spacial score (nSPS) is 24.6. The molecule has 0 heterocycles. The molecule has 66 valence electrons. The molecular weight excluding hydrogens is 148 g/mol. The summed E-state index contributed by atoms with van der Waals surface area (Å²) in [5, 5.41) is 0. The van der Waals surface area contributed by atoms with Gasteiger partial charge in [0.2, 0.25) is 0 Å². The van der Waals surface area contributed by atoms with Crippen LogP contribution in [-0.4, -0.2) is 5.78 Å². The van der Waals surface area contributed by atoms with E-state index in [1.807, 2.05) is 0 Å². The van der Waals surface area contributed by atoms with Gasteiger partial charge in [-0.2, -0.15) is 0 Å². The number of ketones is 1. The van der Waals surface area contributed by atoms with Gasteiger partial charge in [-0.15, -0.1) is 12.3 Å². The number of terminal acetylenes is 1. The quantitative estimate of drug-likeness (QED) is 0.453. The van der Waals surface area contributed by atoms with Gasteiger partial charge >= 0.3 is 0 Å². The van der Waals surface area contributed by atoms with Crippen molar-refractivity contribution in [1.29, 1.82) is 0 Å². The molecule has 0 aliphatic heterocycles. The molecule has 1 saturated carbocycles. The van der Waals surface area contributed by atoms with Crippen molar-refractivity contribution in [2.45, 2.75) is 44.9 Å². The molecule has 0 saturated heterocycles.